The van der Waals surface area contributed by atoms with E-state index in [1.54, 1.807) is 0 Å². The van der Waals surface area contributed by atoms with E-state index in [1.807, 2.05) is 79.7 Å². The van der Waals surface area contributed by atoms with Crippen LogP contribution in [-0.4, -0.2) is 23.5 Å². The number of amides is 1. The van der Waals surface area contributed by atoms with E-state index >= 15 is 0 Å². The van der Waals surface area contributed by atoms with Gasteiger partial charge in [-0.2, -0.15) is 0 Å². The quantitative estimate of drug-likeness (QED) is 0.474. The van der Waals surface area contributed by atoms with Crippen molar-refractivity contribution >= 4 is 39.7 Å². The molecular weight excluding hydrogens is 384 g/mol. The molecular formula is C23H18N2O3S. The second-order valence-electron chi connectivity index (χ2n) is 6.43. The molecule has 0 aliphatic rings. The zero-order chi connectivity index (χ0) is 20.2. The summed E-state index contributed by atoms with van der Waals surface area (Å²) >= 11 is 1.26. The number of nitrogens with one attached hydrogen (secondary N) is 1. The van der Waals surface area contributed by atoms with Crippen LogP contribution in [-0.2, 0) is 9.53 Å². The largest absolute Gasteiger partial charge is 0.451 e. The van der Waals surface area contributed by atoms with Crippen molar-refractivity contribution in [2.24, 2.45) is 0 Å². The van der Waals surface area contributed by atoms with Crippen molar-refractivity contribution in [1.29, 1.82) is 0 Å². The van der Waals surface area contributed by atoms with Gasteiger partial charge in [-0.25, -0.2) is 9.78 Å². The summed E-state index contributed by atoms with van der Waals surface area (Å²) in [6.45, 7) is 1.47. The third-order valence-electron chi connectivity index (χ3n) is 4.36. The predicted molar refractivity (Wildman–Crippen MR) is 115 cm³/mol. The SMILES string of the molecule is Cc1nc(-c2ccccc2)c(C(=O)OCC(=O)Nc2cccc3ccccc23)s1. The third-order valence-corrected chi connectivity index (χ3v) is 5.32. The summed E-state index contributed by atoms with van der Waals surface area (Å²) in [5, 5.41) is 5.53. The highest BCUT2D eigenvalue weighted by molar-refractivity contribution is 7.14. The summed E-state index contributed by atoms with van der Waals surface area (Å²) < 4.78 is 5.27. The van der Waals surface area contributed by atoms with Crippen LogP contribution < -0.4 is 5.32 Å². The normalized spacial score (nSPS) is 10.7. The zero-order valence-electron chi connectivity index (χ0n) is 15.7. The van der Waals surface area contributed by atoms with Crippen molar-refractivity contribution < 1.29 is 14.3 Å². The van der Waals surface area contributed by atoms with Gasteiger partial charge in [0.2, 0.25) is 0 Å². The molecule has 29 heavy (non-hydrogen) atoms. The lowest BCUT2D eigenvalue weighted by molar-refractivity contribution is -0.119. The first-order valence-electron chi connectivity index (χ1n) is 9.09. The van der Waals surface area contributed by atoms with Gasteiger partial charge >= 0.3 is 5.97 Å². The van der Waals surface area contributed by atoms with Crippen LogP contribution in [0, 0.1) is 6.92 Å². The summed E-state index contributed by atoms with van der Waals surface area (Å²) in [4.78, 5) is 29.8. The van der Waals surface area contributed by atoms with Crippen LogP contribution >= 0.6 is 11.3 Å². The van der Waals surface area contributed by atoms with E-state index in [9.17, 15) is 9.59 Å². The van der Waals surface area contributed by atoms with Crippen molar-refractivity contribution in [3.8, 4) is 11.3 Å². The number of aromatic nitrogens is 1. The van der Waals surface area contributed by atoms with Crippen LogP contribution in [0.15, 0.2) is 72.8 Å². The molecule has 1 heterocycles. The Morgan fingerprint density at radius 3 is 2.52 bits per heavy atom. The molecule has 1 N–H and O–H groups in total. The molecule has 3 aromatic carbocycles. The number of rotatable bonds is 5. The number of ether oxygens (including phenoxy) is 1. The molecule has 0 bridgehead atoms. The number of carbonyl (C=O) groups is 2. The third kappa shape index (κ3) is 4.17. The average molecular weight is 402 g/mol. The van der Waals surface area contributed by atoms with Crippen LogP contribution in [0.1, 0.15) is 14.7 Å². The van der Waals surface area contributed by atoms with E-state index < -0.39 is 11.9 Å². The molecule has 1 aromatic heterocycles. The highest BCUT2D eigenvalue weighted by Gasteiger charge is 2.20. The fraction of sp³-hybridized carbons (Fsp3) is 0.0870. The van der Waals surface area contributed by atoms with Gasteiger partial charge in [0.25, 0.3) is 5.91 Å². The maximum Gasteiger partial charge on any atom is 0.351 e. The minimum Gasteiger partial charge on any atom is -0.451 e. The van der Waals surface area contributed by atoms with Gasteiger partial charge in [-0.15, -0.1) is 11.3 Å². The van der Waals surface area contributed by atoms with E-state index in [0.29, 0.717) is 16.3 Å². The zero-order valence-corrected chi connectivity index (χ0v) is 16.5. The minimum absolute atomic E-state index is 0.368. The van der Waals surface area contributed by atoms with Crippen LogP contribution in [0.3, 0.4) is 0 Å². The molecule has 0 spiro atoms. The number of aryl methyl sites for hydroxylation is 1. The fourth-order valence-electron chi connectivity index (χ4n) is 3.07. The van der Waals surface area contributed by atoms with Gasteiger partial charge in [0, 0.05) is 16.6 Å². The van der Waals surface area contributed by atoms with Crippen LogP contribution in [0.2, 0.25) is 0 Å². The number of hydrogen-bond donors (Lipinski definition) is 1. The lowest BCUT2D eigenvalue weighted by Crippen LogP contribution is -2.21. The Morgan fingerprint density at radius 1 is 0.966 bits per heavy atom. The molecule has 1 amide bonds. The molecule has 4 rings (SSSR count). The van der Waals surface area contributed by atoms with Crippen molar-refractivity contribution in [2.75, 3.05) is 11.9 Å². The van der Waals surface area contributed by atoms with Gasteiger partial charge in [-0.3, -0.25) is 4.79 Å². The lowest BCUT2D eigenvalue weighted by atomic mass is 10.1. The standard InChI is InChI=1S/C23H18N2O3S/c1-15-24-21(17-9-3-2-4-10-17)22(29-15)23(27)28-14-20(26)25-19-13-7-11-16-8-5-6-12-18(16)19/h2-13H,14H2,1H3,(H,25,26). The Balaban J connectivity index is 1.46. The molecule has 4 aromatic rings. The van der Waals surface area contributed by atoms with E-state index in [0.717, 1.165) is 21.3 Å². The van der Waals surface area contributed by atoms with Crippen molar-refractivity contribution in [3.63, 3.8) is 0 Å². The average Bonchev–Trinajstić information content (AvgIpc) is 3.15. The summed E-state index contributed by atoms with van der Waals surface area (Å²) in [7, 11) is 0. The van der Waals surface area contributed by atoms with Crippen molar-refractivity contribution in [2.45, 2.75) is 6.92 Å². The maximum atomic E-state index is 12.6. The number of fused-ring (bicyclic) bond motifs is 1. The molecule has 0 fully saturated rings. The van der Waals surface area contributed by atoms with Gasteiger partial charge in [0.15, 0.2) is 6.61 Å². The Kier molecular flexibility index (Phi) is 5.35. The number of thiazole rings is 1. The first-order valence-corrected chi connectivity index (χ1v) is 9.91. The highest BCUT2D eigenvalue weighted by Crippen LogP contribution is 2.28. The summed E-state index contributed by atoms with van der Waals surface area (Å²) in [6.07, 6.45) is 0. The molecule has 0 saturated heterocycles. The Bertz CT molecular complexity index is 1180. The van der Waals surface area contributed by atoms with E-state index in [1.165, 1.54) is 11.3 Å². The smallest absolute Gasteiger partial charge is 0.351 e. The molecule has 0 unspecified atom stereocenters. The minimum atomic E-state index is -0.553. The number of carbonyl (C=O) groups excluding carboxylic acids is 2. The summed E-state index contributed by atoms with van der Waals surface area (Å²) in [5.41, 5.74) is 2.10. The van der Waals surface area contributed by atoms with E-state index in [4.69, 9.17) is 4.74 Å². The number of hydrogen-bond acceptors (Lipinski definition) is 5. The molecule has 0 saturated carbocycles. The lowest BCUT2D eigenvalue weighted by Gasteiger charge is -2.09. The summed E-state index contributed by atoms with van der Waals surface area (Å²) in [6, 6.07) is 22.9. The maximum absolute atomic E-state index is 12.6. The van der Waals surface area contributed by atoms with Crippen LogP contribution in [0.4, 0.5) is 5.69 Å². The number of esters is 1. The monoisotopic (exact) mass is 402 g/mol. The Morgan fingerprint density at radius 2 is 1.69 bits per heavy atom. The topological polar surface area (TPSA) is 68.3 Å². The predicted octanol–water partition coefficient (Wildman–Crippen LogP) is 5.07. The van der Waals surface area contributed by atoms with Crippen molar-refractivity contribution in [1.82, 2.24) is 4.98 Å². The second kappa shape index (κ2) is 8.24. The molecule has 0 atom stereocenters. The molecule has 0 aliphatic carbocycles. The molecule has 144 valence electrons. The second-order valence-corrected chi connectivity index (χ2v) is 7.63. The van der Waals surface area contributed by atoms with Gasteiger partial charge < -0.3 is 10.1 Å². The highest BCUT2D eigenvalue weighted by atomic mass is 32.1. The fourth-order valence-corrected chi connectivity index (χ4v) is 3.91. The van der Waals surface area contributed by atoms with Crippen LogP contribution in [0.25, 0.3) is 22.0 Å². The Labute approximate surface area is 172 Å². The first-order chi connectivity index (χ1) is 14.1. The van der Waals surface area contributed by atoms with E-state index in [2.05, 4.69) is 10.3 Å². The first kappa shape index (κ1) is 18.8. The van der Waals surface area contributed by atoms with E-state index in [-0.39, 0.29) is 6.61 Å². The summed E-state index contributed by atoms with van der Waals surface area (Å²) in [5.74, 6) is -0.945. The van der Waals surface area contributed by atoms with Gasteiger partial charge in [0.1, 0.15) is 4.88 Å². The Hall–Kier alpha value is -3.51. The number of anilines is 1. The molecule has 6 heteroatoms. The van der Waals surface area contributed by atoms with Gasteiger partial charge in [-0.05, 0) is 18.4 Å². The van der Waals surface area contributed by atoms with Crippen molar-refractivity contribution in [3.05, 3.63) is 82.7 Å². The number of benzene rings is 3. The van der Waals surface area contributed by atoms with Gasteiger partial charge in [-0.1, -0.05) is 66.7 Å². The molecule has 0 radical (unpaired) electrons. The van der Waals surface area contributed by atoms with Gasteiger partial charge in [0.05, 0.1) is 10.7 Å². The number of nitrogens with zero attached hydrogens (tertiary/aromatic N) is 1. The van der Waals surface area contributed by atoms with Crippen LogP contribution in [0.5, 0.6) is 0 Å². The molecule has 5 nitrogen and oxygen atoms in total. The molecule has 0 aliphatic heterocycles.